The fourth-order valence-corrected chi connectivity index (χ4v) is 6.12. The summed E-state index contributed by atoms with van der Waals surface area (Å²) in [6.07, 6.45) is 6.87. The molecule has 3 aliphatic rings. The number of benzene rings is 4. The van der Waals surface area contributed by atoms with Crippen molar-refractivity contribution < 1.29 is 27.4 Å². The van der Waals surface area contributed by atoms with Crippen LogP contribution in [0.1, 0.15) is 60.9 Å². The second-order valence-electron chi connectivity index (χ2n) is 10.6. The molecular weight excluding hydrogens is 620 g/mol. The number of fused-ring (bicyclic) bond motifs is 6. The van der Waals surface area contributed by atoms with Crippen molar-refractivity contribution in [1.82, 2.24) is 9.97 Å². The second-order valence-corrected chi connectivity index (χ2v) is 11.0. The molecular formula is C44H29ClN4. The molecule has 0 saturated carbocycles. The van der Waals surface area contributed by atoms with Crippen LogP contribution in [0.3, 0.4) is 0 Å². The van der Waals surface area contributed by atoms with Crippen LogP contribution in [0.4, 0.5) is 0 Å². The van der Waals surface area contributed by atoms with Gasteiger partial charge in [-0.15, -0.1) is 0 Å². The fraction of sp³-hybridized carbons (Fsp3) is 0. The van der Waals surface area contributed by atoms with E-state index < -0.39 is 126 Å². The van der Waals surface area contributed by atoms with Crippen LogP contribution >= 0.6 is 11.6 Å². The number of hydrogen-bond acceptors (Lipinski definition) is 2. The average molecular weight is 669 g/mol. The number of aromatic amines is 2. The lowest BCUT2D eigenvalue weighted by Gasteiger charge is -2.12. The largest absolute Gasteiger partial charge is 0.359 e. The maximum atomic E-state index is 9.08. The van der Waals surface area contributed by atoms with Crippen LogP contribution < -0.4 is 10.7 Å². The normalized spacial score (nSPS) is 21.0. The zero-order valence-corrected chi connectivity index (χ0v) is 25.6. The summed E-state index contributed by atoms with van der Waals surface area (Å²) >= 11 is 7.37. The van der Waals surface area contributed by atoms with Gasteiger partial charge in [0, 0.05) is 44.8 Å². The molecule has 6 aromatic rings. The Labute approximate surface area is 317 Å². The van der Waals surface area contributed by atoms with E-state index >= 15 is 0 Å². The molecule has 5 heterocycles. The summed E-state index contributed by atoms with van der Waals surface area (Å²) in [5.41, 5.74) is -2.63. The molecule has 0 aliphatic carbocycles. The van der Waals surface area contributed by atoms with Gasteiger partial charge in [-0.05, 0) is 58.7 Å². The van der Waals surface area contributed by atoms with Crippen LogP contribution in [0.15, 0.2) is 185 Å². The fourth-order valence-electron chi connectivity index (χ4n) is 5.82. The van der Waals surface area contributed by atoms with Crippen LogP contribution in [0.2, 0.25) is 5.02 Å². The third-order valence-electron chi connectivity index (χ3n) is 7.87. The SMILES string of the molecule is [2H]c1c([2H])c([2H])c(C2=C3C=CC(=N3)C(c3c([2H])c([2H])c([2H])c([2H])c3[2H])=c3ccc([nH]3)=C(c3c([2H])c([2H])c([2H])c([2H])c3[2H])c3c[nH]c(c3Cl)C(c3c([2H])c([2H])c([2H])c([2H])c3[2H])=C3C=CC2=N3)c([2H])c1[2H]. The van der Waals surface area contributed by atoms with Crippen LogP contribution in [0, 0.1) is 0 Å². The minimum Gasteiger partial charge on any atom is -0.359 e. The maximum absolute atomic E-state index is 9.08. The molecule has 0 amide bonds. The summed E-state index contributed by atoms with van der Waals surface area (Å²) in [7, 11) is 0. The Bertz CT molecular complexity index is 3630. The third kappa shape index (κ3) is 5.10. The highest BCUT2D eigenvalue weighted by Gasteiger charge is 2.26. The van der Waals surface area contributed by atoms with E-state index in [2.05, 4.69) is 9.97 Å². The van der Waals surface area contributed by atoms with Crippen molar-refractivity contribution in [2.45, 2.75) is 0 Å². The highest BCUT2D eigenvalue weighted by Crippen LogP contribution is 2.40. The maximum Gasteiger partial charge on any atom is 0.0741 e. The number of halogens is 1. The summed E-state index contributed by atoms with van der Waals surface area (Å²) in [6, 6.07) is -11.0. The van der Waals surface area contributed by atoms with Gasteiger partial charge in [0.2, 0.25) is 0 Å². The predicted octanol–water partition coefficient (Wildman–Crippen LogP) is 8.65. The van der Waals surface area contributed by atoms with Gasteiger partial charge in [0.15, 0.2) is 0 Å². The average Bonchev–Trinajstić information content (AvgIpc) is 4.18. The van der Waals surface area contributed by atoms with Gasteiger partial charge in [0.05, 0.1) is 60.9 Å². The Kier molecular flexibility index (Phi) is 3.68. The molecule has 0 unspecified atom stereocenters. The van der Waals surface area contributed by atoms with Crippen molar-refractivity contribution in [2.75, 3.05) is 0 Å². The van der Waals surface area contributed by atoms with Crippen molar-refractivity contribution in [3.63, 3.8) is 0 Å². The first kappa shape index (κ1) is 14.9. The van der Waals surface area contributed by atoms with Crippen LogP contribution in [-0.2, 0) is 0 Å². The number of H-pyrrole nitrogens is 2. The lowest BCUT2D eigenvalue weighted by molar-refractivity contribution is 1.24. The zero-order valence-electron chi connectivity index (χ0n) is 44.8. The Morgan fingerprint density at radius 2 is 0.918 bits per heavy atom. The van der Waals surface area contributed by atoms with E-state index in [9.17, 15) is 0 Å². The van der Waals surface area contributed by atoms with Gasteiger partial charge in [-0.25, -0.2) is 9.98 Å². The van der Waals surface area contributed by atoms with Crippen molar-refractivity contribution in [3.05, 3.63) is 224 Å². The van der Waals surface area contributed by atoms with E-state index in [0.717, 1.165) is 0 Å². The van der Waals surface area contributed by atoms with Crippen LogP contribution in [0.5, 0.6) is 0 Å². The van der Waals surface area contributed by atoms with E-state index in [1.807, 2.05) is 0 Å². The number of nitrogens with zero attached hydrogens (tertiary/aromatic N) is 2. The minimum atomic E-state index is -0.725. The first-order valence-corrected chi connectivity index (χ1v) is 15.0. The van der Waals surface area contributed by atoms with Gasteiger partial charge in [0.1, 0.15) is 0 Å². The van der Waals surface area contributed by atoms with Crippen molar-refractivity contribution >= 4 is 45.3 Å². The van der Waals surface area contributed by atoms with E-state index in [-0.39, 0.29) is 88.8 Å². The number of hydrogen-bond donors (Lipinski definition) is 2. The Balaban J connectivity index is 1.56. The topological polar surface area (TPSA) is 56.3 Å². The third-order valence-corrected chi connectivity index (χ3v) is 8.26. The molecule has 0 radical (unpaired) electrons. The summed E-state index contributed by atoms with van der Waals surface area (Å²) in [6.45, 7) is 0. The number of nitrogens with one attached hydrogen (secondary N) is 2. The molecule has 4 nitrogen and oxygen atoms in total. The number of aromatic nitrogens is 2. The van der Waals surface area contributed by atoms with E-state index in [0.29, 0.717) is 0 Å². The van der Waals surface area contributed by atoms with Gasteiger partial charge >= 0.3 is 0 Å². The summed E-state index contributed by atoms with van der Waals surface area (Å²) in [5.74, 6) is 0. The Hall–Kier alpha value is -6.23. The van der Waals surface area contributed by atoms with Crippen molar-refractivity contribution in [1.29, 1.82) is 0 Å². The highest BCUT2D eigenvalue weighted by molar-refractivity contribution is 6.36. The van der Waals surface area contributed by atoms with Gasteiger partial charge in [-0.3, -0.25) is 0 Å². The molecule has 5 heteroatoms. The molecule has 0 saturated heterocycles. The van der Waals surface area contributed by atoms with Gasteiger partial charge < -0.3 is 9.97 Å². The molecule has 3 aliphatic heterocycles. The molecule has 0 fully saturated rings. The number of aliphatic imine (C=N–C) groups is 2. The quantitative estimate of drug-likeness (QED) is 0.189. The monoisotopic (exact) mass is 668 g/mol. The first-order chi connectivity index (χ1) is 32.5. The number of allylic oxidation sites excluding steroid dienone is 5. The van der Waals surface area contributed by atoms with Gasteiger partial charge in [0.25, 0.3) is 0 Å². The molecule has 2 N–H and O–H groups in total. The molecule has 2 aromatic heterocycles. The molecule has 0 atom stereocenters. The smallest absolute Gasteiger partial charge is 0.0741 e. The van der Waals surface area contributed by atoms with E-state index in [1.54, 1.807) is 0 Å². The molecule has 9 rings (SSSR count). The summed E-state index contributed by atoms with van der Waals surface area (Å²) < 4.78 is 175. The van der Waals surface area contributed by atoms with Crippen LogP contribution in [0.25, 0.3) is 22.3 Å². The van der Waals surface area contributed by atoms with Gasteiger partial charge in [-0.1, -0.05) is 132 Å². The molecule has 0 spiro atoms. The van der Waals surface area contributed by atoms with E-state index in [4.69, 9.17) is 49.0 Å². The molecule has 49 heavy (non-hydrogen) atoms. The predicted molar refractivity (Wildman–Crippen MR) is 202 cm³/mol. The lowest BCUT2D eigenvalue weighted by atomic mass is 9.96. The lowest BCUT2D eigenvalue weighted by Crippen LogP contribution is -2.19. The Morgan fingerprint density at radius 3 is 1.47 bits per heavy atom. The van der Waals surface area contributed by atoms with Crippen LogP contribution in [-0.4, -0.2) is 21.4 Å². The highest BCUT2D eigenvalue weighted by atomic mass is 35.5. The van der Waals surface area contributed by atoms with Crippen molar-refractivity contribution in [2.24, 2.45) is 9.98 Å². The summed E-state index contributed by atoms with van der Waals surface area (Å²) in [4.78, 5) is 15.8. The Morgan fingerprint density at radius 1 is 0.490 bits per heavy atom. The van der Waals surface area contributed by atoms with Crippen molar-refractivity contribution in [3.8, 4) is 0 Å². The first-order valence-electron chi connectivity index (χ1n) is 24.6. The standard InChI is InChI=1S/C44H29ClN4/c45-43-32-27-46-44(43)42(31-19-11-4-12-20-31)38-26-25-37(49-38)41(30-17-9-3-10-18-30)36-24-23-35(48-36)40(29-15-7-2-8-16-29)34-22-21-33(47-34)39(32)28-13-5-1-6-14-28/h1-27,46-47H/i1D,2D,3D,4D,5D,6D,7D,8D,9D,10D,11D,12D,13D,14D,15D,16D,17D,18D,19D,20D. The zero-order chi connectivity index (χ0) is 50.1. The number of rotatable bonds is 4. The van der Waals surface area contributed by atoms with E-state index in [1.165, 1.54) is 42.6 Å². The summed E-state index contributed by atoms with van der Waals surface area (Å²) in [5, 5.41) is -0.248. The van der Waals surface area contributed by atoms with Gasteiger partial charge in [-0.2, -0.15) is 0 Å². The minimum absolute atomic E-state index is 0.00387. The molecule has 8 bridgehead atoms. The second kappa shape index (κ2) is 12.1. The molecule has 4 aromatic carbocycles. The molecule has 232 valence electrons.